The quantitative estimate of drug-likeness (QED) is 0.109. The Bertz CT molecular complexity index is 2280. The van der Waals surface area contributed by atoms with Crippen LogP contribution in [0.15, 0.2) is 121 Å². The highest BCUT2D eigenvalue weighted by atomic mass is 32.2. The van der Waals surface area contributed by atoms with E-state index in [-0.39, 0.29) is 39.5 Å². The number of halogens is 9. The van der Waals surface area contributed by atoms with Crippen molar-refractivity contribution in [2.24, 2.45) is 0 Å². The fraction of sp³-hybridized carbons (Fsp3) is 0.114. The van der Waals surface area contributed by atoms with Gasteiger partial charge in [0.25, 0.3) is 0 Å². The SMILES string of the molecule is O=S(=O)(Oc1ccc2ccccc2c1-c1cccc(-c2nc(-c3ccccc3)nc(-c3ccccc3)n2)c1)C(F)(F)C(F)(F)C(F)(F)C(F)(F)F. The van der Waals surface area contributed by atoms with Gasteiger partial charge in [-0.05, 0) is 28.5 Å². The number of hydrogen-bond donors (Lipinski definition) is 0. The predicted molar refractivity (Wildman–Crippen MR) is 170 cm³/mol. The van der Waals surface area contributed by atoms with Gasteiger partial charge in [-0.25, -0.2) is 15.0 Å². The van der Waals surface area contributed by atoms with Crippen molar-refractivity contribution >= 4 is 20.9 Å². The van der Waals surface area contributed by atoms with E-state index in [9.17, 15) is 47.9 Å². The van der Waals surface area contributed by atoms with Gasteiger partial charge in [0, 0.05) is 22.3 Å². The molecular formula is C35H20F9N3O3S. The van der Waals surface area contributed by atoms with Gasteiger partial charge >= 0.3 is 33.4 Å². The van der Waals surface area contributed by atoms with Crippen LogP contribution in [0.1, 0.15) is 0 Å². The topological polar surface area (TPSA) is 82.0 Å². The van der Waals surface area contributed by atoms with Gasteiger partial charge in [0.05, 0.1) is 0 Å². The fourth-order valence-electron chi connectivity index (χ4n) is 5.06. The molecule has 6 rings (SSSR count). The number of nitrogens with zero attached hydrogens (tertiary/aromatic N) is 3. The summed E-state index contributed by atoms with van der Waals surface area (Å²) in [5.41, 5.74) is 1.23. The zero-order chi connectivity index (χ0) is 36.8. The van der Waals surface area contributed by atoms with E-state index in [1.54, 1.807) is 72.8 Å². The lowest BCUT2D eigenvalue weighted by Crippen LogP contribution is -2.63. The predicted octanol–water partition coefficient (Wildman–Crippen LogP) is 9.83. The molecule has 51 heavy (non-hydrogen) atoms. The molecule has 0 aliphatic rings. The minimum Gasteiger partial charge on any atom is -0.377 e. The number of aromatic nitrogens is 3. The van der Waals surface area contributed by atoms with Crippen molar-refractivity contribution in [1.29, 1.82) is 0 Å². The van der Waals surface area contributed by atoms with E-state index in [1.165, 1.54) is 36.4 Å². The molecule has 0 atom stereocenters. The molecule has 6 aromatic rings. The lowest BCUT2D eigenvalue weighted by molar-refractivity contribution is -0.382. The average molecular weight is 734 g/mol. The summed E-state index contributed by atoms with van der Waals surface area (Å²) in [5.74, 6) is -15.4. The molecule has 0 amide bonds. The highest BCUT2D eigenvalue weighted by Crippen LogP contribution is 2.55. The summed E-state index contributed by atoms with van der Waals surface area (Å²) in [5, 5.41) is -6.58. The summed E-state index contributed by atoms with van der Waals surface area (Å²) >= 11 is 0. The first-order chi connectivity index (χ1) is 23.9. The molecule has 6 nitrogen and oxygen atoms in total. The Morgan fingerprint density at radius 2 is 0.961 bits per heavy atom. The van der Waals surface area contributed by atoms with E-state index in [4.69, 9.17) is 0 Å². The number of benzene rings is 5. The van der Waals surface area contributed by atoms with Crippen LogP contribution in [0.25, 0.3) is 56.1 Å². The maximum atomic E-state index is 14.7. The summed E-state index contributed by atoms with van der Waals surface area (Å²) in [6.45, 7) is 0. The van der Waals surface area contributed by atoms with E-state index >= 15 is 0 Å². The molecule has 0 bridgehead atoms. The highest BCUT2D eigenvalue weighted by molar-refractivity contribution is 7.88. The minimum absolute atomic E-state index is 0.0214. The standard InChI is InChI=1S/C35H20F9N3O3S/c36-32(37,34(40,41)42)33(38,39)35(43,44)51(48,49)50-27-19-18-21-10-7-8-17-26(21)28(27)24-15-9-16-25(20-24)31-46-29(22-11-3-1-4-12-22)45-30(47-31)23-13-5-2-6-14-23/h1-20H. The molecule has 1 heterocycles. The molecule has 0 saturated carbocycles. The lowest BCUT2D eigenvalue weighted by atomic mass is 9.96. The summed E-state index contributed by atoms with van der Waals surface area (Å²) in [4.78, 5) is 13.8. The fourth-order valence-corrected chi connectivity index (χ4v) is 5.98. The smallest absolute Gasteiger partial charge is 0.377 e. The Morgan fingerprint density at radius 1 is 0.490 bits per heavy atom. The van der Waals surface area contributed by atoms with Crippen LogP contribution < -0.4 is 4.18 Å². The third-order valence-electron chi connectivity index (χ3n) is 7.63. The third-order valence-corrected chi connectivity index (χ3v) is 8.91. The molecule has 0 N–H and O–H groups in total. The van der Waals surface area contributed by atoms with Crippen molar-refractivity contribution in [3.63, 3.8) is 0 Å². The van der Waals surface area contributed by atoms with Gasteiger partial charge in [-0.15, -0.1) is 0 Å². The molecule has 0 saturated heterocycles. The molecule has 0 unspecified atom stereocenters. The molecule has 0 aliphatic heterocycles. The highest BCUT2D eigenvalue weighted by Gasteiger charge is 2.86. The van der Waals surface area contributed by atoms with E-state index in [2.05, 4.69) is 19.1 Å². The van der Waals surface area contributed by atoms with Crippen LogP contribution in [0.4, 0.5) is 39.5 Å². The maximum absolute atomic E-state index is 14.7. The van der Waals surface area contributed by atoms with Crippen LogP contribution in [-0.2, 0) is 10.1 Å². The van der Waals surface area contributed by atoms with Crippen LogP contribution in [0.3, 0.4) is 0 Å². The molecule has 0 radical (unpaired) electrons. The van der Waals surface area contributed by atoms with E-state index in [1.807, 2.05) is 0 Å². The lowest BCUT2D eigenvalue weighted by Gasteiger charge is -2.32. The Balaban J connectivity index is 1.50. The second-order valence-electron chi connectivity index (χ2n) is 11.0. The van der Waals surface area contributed by atoms with E-state index in [0.717, 1.165) is 12.1 Å². The van der Waals surface area contributed by atoms with Crippen LogP contribution in [0, 0.1) is 0 Å². The minimum atomic E-state index is -7.47. The third kappa shape index (κ3) is 6.24. The zero-order valence-electron chi connectivity index (χ0n) is 25.4. The number of fused-ring (bicyclic) bond motifs is 1. The van der Waals surface area contributed by atoms with Crippen molar-refractivity contribution in [2.45, 2.75) is 23.3 Å². The molecule has 0 spiro atoms. The van der Waals surface area contributed by atoms with Crippen LogP contribution in [-0.4, -0.2) is 46.6 Å². The van der Waals surface area contributed by atoms with E-state index < -0.39 is 39.1 Å². The molecule has 16 heteroatoms. The van der Waals surface area contributed by atoms with Crippen LogP contribution >= 0.6 is 0 Å². The van der Waals surface area contributed by atoms with Gasteiger partial charge < -0.3 is 4.18 Å². The second kappa shape index (κ2) is 12.7. The first kappa shape index (κ1) is 35.3. The maximum Gasteiger partial charge on any atom is 0.460 e. The summed E-state index contributed by atoms with van der Waals surface area (Å²) in [7, 11) is -7.24. The van der Waals surface area contributed by atoms with Crippen molar-refractivity contribution in [1.82, 2.24) is 15.0 Å². The van der Waals surface area contributed by atoms with Gasteiger partial charge in [0.15, 0.2) is 23.2 Å². The first-order valence-corrected chi connectivity index (χ1v) is 16.0. The zero-order valence-corrected chi connectivity index (χ0v) is 26.2. The molecule has 1 aromatic heterocycles. The Hall–Kier alpha value is -5.51. The average Bonchev–Trinajstić information content (AvgIpc) is 3.11. The molecular weight excluding hydrogens is 713 g/mol. The van der Waals surface area contributed by atoms with Crippen molar-refractivity contribution in [2.75, 3.05) is 0 Å². The number of rotatable bonds is 9. The normalized spacial score (nSPS) is 13.0. The van der Waals surface area contributed by atoms with Gasteiger partial charge in [-0.3, -0.25) is 0 Å². The van der Waals surface area contributed by atoms with Gasteiger partial charge in [0.2, 0.25) is 0 Å². The van der Waals surface area contributed by atoms with Gasteiger partial charge in [-0.2, -0.15) is 47.9 Å². The first-order valence-electron chi connectivity index (χ1n) is 14.6. The van der Waals surface area contributed by atoms with Gasteiger partial charge in [0.1, 0.15) is 0 Å². The largest absolute Gasteiger partial charge is 0.460 e. The monoisotopic (exact) mass is 733 g/mol. The van der Waals surface area contributed by atoms with Gasteiger partial charge in [-0.1, -0.05) is 109 Å². The summed E-state index contributed by atoms with van der Waals surface area (Å²) in [6.07, 6.45) is -7.24. The summed E-state index contributed by atoms with van der Waals surface area (Å²) < 4.78 is 153. The Morgan fingerprint density at radius 3 is 1.51 bits per heavy atom. The van der Waals surface area contributed by atoms with Crippen LogP contribution in [0.5, 0.6) is 5.75 Å². The van der Waals surface area contributed by atoms with Crippen molar-refractivity contribution in [3.8, 4) is 51.0 Å². The number of hydrogen-bond acceptors (Lipinski definition) is 6. The van der Waals surface area contributed by atoms with Crippen molar-refractivity contribution < 1.29 is 52.1 Å². The Labute approximate surface area is 283 Å². The van der Waals surface area contributed by atoms with Crippen molar-refractivity contribution in [3.05, 3.63) is 121 Å². The molecule has 0 fully saturated rings. The molecule has 0 aliphatic carbocycles. The number of alkyl halides is 9. The molecule has 5 aromatic carbocycles. The van der Waals surface area contributed by atoms with E-state index in [0.29, 0.717) is 16.5 Å². The van der Waals surface area contributed by atoms with Crippen LogP contribution in [0.2, 0.25) is 0 Å². The second-order valence-corrected chi connectivity index (χ2v) is 12.6. The molecule has 262 valence electrons. The summed E-state index contributed by atoms with van der Waals surface area (Å²) in [6, 6.07) is 31.3. The Kier molecular flexibility index (Phi) is 8.78.